The summed E-state index contributed by atoms with van der Waals surface area (Å²) in [7, 11) is 0. The zero-order chi connectivity index (χ0) is 17.0. The zero-order valence-electron chi connectivity index (χ0n) is 13.9. The van der Waals surface area contributed by atoms with Crippen molar-refractivity contribution in [3.8, 4) is 17.2 Å². The van der Waals surface area contributed by atoms with Crippen LogP contribution in [0.4, 0.5) is 0 Å². The molecule has 3 rings (SSSR count). The fourth-order valence-electron chi connectivity index (χ4n) is 2.90. The van der Waals surface area contributed by atoms with E-state index in [1.807, 2.05) is 24.3 Å². The summed E-state index contributed by atoms with van der Waals surface area (Å²) in [4.78, 5) is 5.73. The van der Waals surface area contributed by atoms with Gasteiger partial charge in [-0.05, 0) is 47.5 Å². The van der Waals surface area contributed by atoms with Gasteiger partial charge in [0.2, 0.25) is 0 Å². The van der Waals surface area contributed by atoms with Crippen LogP contribution in [0.3, 0.4) is 0 Å². The highest BCUT2D eigenvalue weighted by molar-refractivity contribution is 7.10. The highest BCUT2D eigenvalue weighted by atomic mass is 32.1. The summed E-state index contributed by atoms with van der Waals surface area (Å²) in [5.74, 6) is 1.02. The van der Waals surface area contributed by atoms with Gasteiger partial charge in [-0.3, -0.25) is 4.99 Å². The molecule has 0 radical (unpaired) electrons. The summed E-state index contributed by atoms with van der Waals surface area (Å²) in [5.41, 5.74) is 9.18. The van der Waals surface area contributed by atoms with Gasteiger partial charge in [-0.15, -0.1) is 11.3 Å². The number of benzene rings is 1. The summed E-state index contributed by atoms with van der Waals surface area (Å²) in [5, 5.41) is 14.6. The van der Waals surface area contributed by atoms with Gasteiger partial charge in [0.15, 0.2) is 0 Å². The summed E-state index contributed by atoms with van der Waals surface area (Å²) in [6.07, 6.45) is 2.68. The first-order chi connectivity index (χ1) is 11.6. The van der Waals surface area contributed by atoms with Crippen LogP contribution in [0.15, 0.2) is 40.7 Å². The van der Waals surface area contributed by atoms with Gasteiger partial charge >= 0.3 is 0 Å². The fourth-order valence-corrected chi connectivity index (χ4v) is 4.01. The van der Waals surface area contributed by atoms with Crippen molar-refractivity contribution in [2.75, 3.05) is 13.1 Å². The first-order valence-corrected chi connectivity index (χ1v) is 9.18. The van der Waals surface area contributed by atoms with Crippen LogP contribution in [0.5, 0.6) is 0 Å². The van der Waals surface area contributed by atoms with Crippen LogP contribution in [0, 0.1) is 11.3 Å². The molecule has 0 saturated heterocycles. The minimum atomic E-state index is -0.404. The monoisotopic (exact) mass is 338 g/mol. The molecular weight excluding hydrogens is 316 g/mol. The van der Waals surface area contributed by atoms with E-state index in [4.69, 9.17) is 11.0 Å². The molecule has 0 amide bonds. The minimum Gasteiger partial charge on any atom is -0.374 e. The third kappa shape index (κ3) is 3.50. The maximum atomic E-state index is 9.08. The Kier molecular flexibility index (Phi) is 4.98. The molecule has 4 nitrogen and oxygen atoms in total. The molecule has 1 atom stereocenters. The van der Waals surface area contributed by atoms with E-state index in [2.05, 4.69) is 34.7 Å². The van der Waals surface area contributed by atoms with Crippen LogP contribution >= 0.6 is 11.3 Å². The van der Waals surface area contributed by atoms with E-state index in [-0.39, 0.29) is 0 Å². The highest BCUT2D eigenvalue weighted by Crippen LogP contribution is 2.35. The van der Waals surface area contributed by atoms with Gasteiger partial charge in [-0.2, -0.15) is 5.26 Å². The largest absolute Gasteiger partial charge is 0.374 e. The SMILES string of the molecule is CC[C@](N)(CC1=NCCCN1)c1cc(-c2cccc(C#N)c2)cs1. The van der Waals surface area contributed by atoms with Gasteiger partial charge in [0.1, 0.15) is 0 Å². The lowest BCUT2D eigenvalue weighted by atomic mass is 9.89. The second kappa shape index (κ2) is 7.16. The van der Waals surface area contributed by atoms with Crippen molar-refractivity contribution in [2.24, 2.45) is 10.7 Å². The molecule has 2 aromatic rings. The highest BCUT2D eigenvalue weighted by Gasteiger charge is 2.29. The van der Waals surface area contributed by atoms with Crippen molar-refractivity contribution >= 4 is 17.2 Å². The molecule has 0 aliphatic carbocycles. The van der Waals surface area contributed by atoms with E-state index >= 15 is 0 Å². The molecule has 0 saturated carbocycles. The molecule has 1 aliphatic rings. The quantitative estimate of drug-likeness (QED) is 0.874. The molecule has 24 heavy (non-hydrogen) atoms. The molecule has 124 valence electrons. The Labute approximate surface area is 147 Å². The Morgan fingerprint density at radius 1 is 1.38 bits per heavy atom. The van der Waals surface area contributed by atoms with Crippen LogP contribution in [0.2, 0.25) is 0 Å². The maximum absolute atomic E-state index is 9.08. The van der Waals surface area contributed by atoms with Crippen molar-refractivity contribution in [3.63, 3.8) is 0 Å². The van der Waals surface area contributed by atoms with Crippen LogP contribution in [-0.4, -0.2) is 18.9 Å². The van der Waals surface area contributed by atoms with Crippen molar-refractivity contribution in [3.05, 3.63) is 46.2 Å². The Bertz CT molecular complexity index is 787. The van der Waals surface area contributed by atoms with E-state index in [0.717, 1.165) is 54.2 Å². The zero-order valence-corrected chi connectivity index (χ0v) is 14.7. The molecule has 1 aromatic carbocycles. The van der Waals surface area contributed by atoms with E-state index < -0.39 is 5.54 Å². The molecule has 1 aromatic heterocycles. The molecule has 1 aliphatic heterocycles. The van der Waals surface area contributed by atoms with Gasteiger partial charge in [0.25, 0.3) is 0 Å². The normalized spacial score (nSPS) is 16.6. The average molecular weight is 338 g/mol. The summed E-state index contributed by atoms with van der Waals surface area (Å²) in [6, 6.07) is 12.0. The maximum Gasteiger partial charge on any atom is 0.0991 e. The van der Waals surface area contributed by atoms with E-state index in [9.17, 15) is 0 Å². The lowest BCUT2D eigenvalue weighted by Gasteiger charge is -2.29. The van der Waals surface area contributed by atoms with Gasteiger partial charge in [-0.25, -0.2) is 0 Å². The number of nitriles is 1. The molecule has 0 fully saturated rings. The number of amidine groups is 1. The molecule has 5 heteroatoms. The predicted octanol–water partition coefficient (Wildman–Crippen LogP) is 3.63. The van der Waals surface area contributed by atoms with Crippen LogP contribution in [-0.2, 0) is 5.54 Å². The first-order valence-electron chi connectivity index (χ1n) is 8.30. The molecule has 0 unspecified atom stereocenters. The Morgan fingerprint density at radius 2 is 2.25 bits per heavy atom. The van der Waals surface area contributed by atoms with Crippen LogP contribution in [0.25, 0.3) is 11.1 Å². The summed E-state index contributed by atoms with van der Waals surface area (Å²) < 4.78 is 0. The molecule has 2 heterocycles. The van der Waals surface area contributed by atoms with Gasteiger partial charge < -0.3 is 11.1 Å². The Hall–Kier alpha value is -2.16. The average Bonchev–Trinajstić information content (AvgIpc) is 3.13. The Balaban J connectivity index is 1.86. The van der Waals surface area contributed by atoms with Gasteiger partial charge in [-0.1, -0.05) is 19.1 Å². The number of hydrogen-bond donors (Lipinski definition) is 2. The number of aliphatic imine (C=N–C) groups is 1. The standard InChI is InChI=1S/C19H22N4S/c1-2-19(21,11-18-22-7-4-8-23-18)17-10-16(13-24-17)15-6-3-5-14(9-15)12-20/h3,5-6,9-10,13H,2,4,7-8,11,21H2,1H3,(H,22,23)/t19-/m0/s1. The smallest absolute Gasteiger partial charge is 0.0991 e. The summed E-state index contributed by atoms with van der Waals surface area (Å²) in [6.45, 7) is 3.99. The number of thiophene rings is 1. The number of nitrogens with zero attached hydrogens (tertiary/aromatic N) is 2. The predicted molar refractivity (Wildman–Crippen MR) is 100 cm³/mol. The van der Waals surface area contributed by atoms with Crippen LogP contribution < -0.4 is 11.1 Å². The third-order valence-corrected chi connectivity index (χ3v) is 5.65. The first kappa shape index (κ1) is 16.7. The van der Waals surface area contributed by atoms with Crippen molar-refractivity contribution in [1.29, 1.82) is 5.26 Å². The number of nitrogens with one attached hydrogen (secondary N) is 1. The van der Waals surface area contributed by atoms with E-state index in [0.29, 0.717) is 5.56 Å². The van der Waals surface area contributed by atoms with Crippen molar-refractivity contribution < 1.29 is 0 Å². The lowest BCUT2D eigenvalue weighted by Crippen LogP contribution is -2.42. The second-order valence-corrected chi connectivity index (χ2v) is 7.10. The van der Waals surface area contributed by atoms with Crippen molar-refractivity contribution in [1.82, 2.24) is 5.32 Å². The minimum absolute atomic E-state index is 0.404. The molecular formula is C19H22N4S. The number of rotatable bonds is 5. The van der Waals surface area contributed by atoms with Crippen LogP contribution in [0.1, 0.15) is 36.6 Å². The molecule has 3 N–H and O–H groups in total. The molecule has 0 bridgehead atoms. The van der Waals surface area contributed by atoms with Crippen molar-refractivity contribution in [2.45, 2.75) is 31.7 Å². The third-order valence-electron chi connectivity index (χ3n) is 4.50. The lowest BCUT2D eigenvalue weighted by molar-refractivity contribution is 0.447. The molecule has 0 spiro atoms. The summed E-state index contributed by atoms with van der Waals surface area (Å²) >= 11 is 1.69. The topological polar surface area (TPSA) is 74.2 Å². The van der Waals surface area contributed by atoms with E-state index in [1.54, 1.807) is 11.3 Å². The van der Waals surface area contributed by atoms with E-state index in [1.165, 1.54) is 0 Å². The van der Waals surface area contributed by atoms with Gasteiger partial charge in [0, 0.05) is 24.4 Å². The second-order valence-electron chi connectivity index (χ2n) is 6.19. The van der Waals surface area contributed by atoms with Gasteiger partial charge in [0.05, 0.1) is 23.0 Å². The number of hydrogen-bond acceptors (Lipinski definition) is 5. The fraction of sp³-hybridized carbons (Fsp3) is 0.368. The number of nitrogens with two attached hydrogens (primary N) is 1. The Morgan fingerprint density at radius 3 is 2.96 bits per heavy atom.